The summed E-state index contributed by atoms with van der Waals surface area (Å²) in [5.74, 6) is 0. The Hall–Kier alpha value is -2.07. The fraction of sp³-hybridized carbons (Fsp3) is 0.333. The molecular formula is C18H22ClN3O. The molecule has 0 aliphatic carbocycles. The predicted octanol–water partition coefficient (Wildman–Crippen LogP) is 5.18. The summed E-state index contributed by atoms with van der Waals surface area (Å²) in [5.41, 5.74) is 4.15. The lowest BCUT2D eigenvalue weighted by molar-refractivity contribution is 0.767. The molecule has 23 heavy (non-hydrogen) atoms. The lowest BCUT2D eigenvalue weighted by Gasteiger charge is -2.26. The number of rotatable bonds is 7. The van der Waals surface area contributed by atoms with Crippen LogP contribution in [0.3, 0.4) is 0 Å². The second kappa shape index (κ2) is 7.97. The summed E-state index contributed by atoms with van der Waals surface area (Å²) in [7, 11) is 1.61. The van der Waals surface area contributed by atoms with Gasteiger partial charge in [-0.3, -0.25) is 0 Å². The number of hydrogen-bond acceptors (Lipinski definition) is 3. The van der Waals surface area contributed by atoms with E-state index in [0.717, 1.165) is 25.2 Å². The molecule has 0 fully saturated rings. The smallest absolute Gasteiger partial charge is 0.0661 e. The minimum atomic E-state index is 0.624. The molecule has 4 nitrogen and oxygen atoms in total. The van der Waals surface area contributed by atoms with E-state index >= 15 is 0 Å². The summed E-state index contributed by atoms with van der Waals surface area (Å²) in [6, 6.07) is 14.1. The van der Waals surface area contributed by atoms with Crippen LogP contribution < -0.4 is 9.91 Å². The standard InChI is InChI=1S/C18H22ClN3O/c1-4-11-22(13-15-7-5-14(2)6-8-15)18-10-9-16(12-17(18)19)21(3)20-23/h5-10,12H,4,11,13H2,1-3H3. The van der Waals surface area contributed by atoms with Crippen LogP contribution in [0.15, 0.2) is 47.8 Å². The second-order valence-electron chi connectivity index (χ2n) is 5.65. The van der Waals surface area contributed by atoms with Gasteiger partial charge in [0.05, 0.1) is 21.7 Å². The molecular weight excluding hydrogens is 310 g/mol. The first-order valence-electron chi connectivity index (χ1n) is 7.72. The van der Waals surface area contributed by atoms with Crippen molar-refractivity contribution < 1.29 is 0 Å². The summed E-state index contributed by atoms with van der Waals surface area (Å²) in [6.45, 7) is 5.94. The maximum Gasteiger partial charge on any atom is 0.0661 e. The van der Waals surface area contributed by atoms with Crippen LogP contribution in [0, 0.1) is 11.8 Å². The summed E-state index contributed by atoms with van der Waals surface area (Å²) in [5, 5.41) is 4.79. The molecule has 0 aliphatic heterocycles. The van der Waals surface area contributed by atoms with Crippen LogP contribution >= 0.6 is 11.6 Å². The number of anilines is 2. The van der Waals surface area contributed by atoms with Gasteiger partial charge >= 0.3 is 0 Å². The maximum atomic E-state index is 10.6. The van der Waals surface area contributed by atoms with E-state index < -0.39 is 0 Å². The van der Waals surface area contributed by atoms with E-state index in [0.29, 0.717) is 10.7 Å². The summed E-state index contributed by atoms with van der Waals surface area (Å²) < 4.78 is 0. The van der Waals surface area contributed by atoms with Gasteiger partial charge in [-0.1, -0.05) is 48.4 Å². The zero-order valence-corrected chi connectivity index (χ0v) is 14.5. The Labute approximate surface area is 142 Å². The maximum absolute atomic E-state index is 10.6. The Morgan fingerprint density at radius 1 is 1.13 bits per heavy atom. The molecule has 0 N–H and O–H groups in total. The Morgan fingerprint density at radius 3 is 2.39 bits per heavy atom. The molecule has 0 amide bonds. The van der Waals surface area contributed by atoms with Crippen molar-refractivity contribution in [2.75, 3.05) is 23.5 Å². The third kappa shape index (κ3) is 4.45. The Kier molecular flexibility index (Phi) is 5.99. The van der Waals surface area contributed by atoms with Gasteiger partial charge in [0, 0.05) is 20.1 Å². The minimum Gasteiger partial charge on any atom is -0.366 e. The van der Waals surface area contributed by atoms with Crippen molar-refractivity contribution in [3.8, 4) is 0 Å². The normalized spacial score (nSPS) is 10.4. The lowest BCUT2D eigenvalue weighted by atomic mass is 10.1. The fourth-order valence-corrected chi connectivity index (χ4v) is 2.76. The number of nitrogens with zero attached hydrogens (tertiary/aromatic N) is 3. The summed E-state index contributed by atoms with van der Waals surface area (Å²) in [4.78, 5) is 12.9. The van der Waals surface area contributed by atoms with Crippen molar-refractivity contribution in [2.45, 2.75) is 26.8 Å². The van der Waals surface area contributed by atoms with E-state index in [2.05, 4.69) is 48.3 Å². The van der Waals surface area contributed by atoms with Crippen LogP contribution in [0.4, 0.5) is 11.4 Å². The number of hydrogen-bond donors (Lipinski definition) is 0. The Morgan fingerprint density at radius 2 is 1.83 bits per heavy atom. The van der Waals surface area contributed by atoms with E-state index in [1.807, 2.05) is 12.1 Å². The third-order valence-corrected chi connectivity index (χ3v) is 4.06. The second-order valence-corrected chi connectivity index (χ2v) is 6.06. The predicted molar refractivity (Wildman–Crippen MR) is 98.2 cm³/mol. The largest absolute Gasteiger partial charge is 0.366 e. The summed E-state index contributed by atoms with van der Waals surface area (Å²) in [6.07, 6.45) is 1.03. The molecule has 0 saturated carbocycles. The molecule has 2 aromatic carbocycles. The Bertz CT molecular complexity index is 658. The van der Waals surface area contributed by atoms with Crippen molar-refractivity contribution in [2.24, 2.45) is 5.29 Å². The summed E-state index contributed by atoms with van der Waals surface area (Å²) >= 11 is 6.44. The van der Waals surface area contributed by atoms with Gasteiger partial charge in [-0.2, -0.15) is 0 Å². The zero-order chi connectivity index (χ0) is 16.8. The number of aryl methyl sites for hydroxylation is 1. The fourth-order valence-electron chi connectivity index (χ4n) is 2.47. The Balaban J connectivity index is 2.26. The van der Waals surface area contributed by atoms with Gasteiger partial charge in [-0.15, -0.1) is 4.91 Å². The van der Waals surface area contributed by atoms with Crippen LogP contribution in [0.1, 0.15) is 24.5 Å². The first-order valence-corrected chi connectivity index (χ1v) is 8.10. The van der Waals surface area contributed by atoms with E-state index in [9.17, 15) is 4.91 Å². The van der Waals surface area contributed by atoms with Gasteiger partial charge in [0.25, 0.3) is 0 Å². The third-order valence-electron chi connectivity index (χ3n) is 3.76. The number of benzene rings is 2. The molecule has 2 rings (SSSR count). The molecule has 0 aromatic heterocycles. The SMILES string of the molecule is CCCN(Cc1ccc(C)cc1)c1ccc(N(C)N=O)cc1Cl. The highest BCUT2D eigenvalue weighted by Crippen LogP contribution is 2.31. The van der Waals surface area contributed by atoms with Gasteiger partial charge < -0.3 is 4.90 Å². The van der Waals surface area contributed by atoms with Crippen molar-refractivity contribution in [3.05, 3.63) is 63.5 Å². The first kappa shape index (κ1) is 17.3. The van der Waals surface area contributed by atoms with E-state index in [1.165, 1.54) is 16.1 Å². The number of halogens is 1. The zero-order valence-electron chi connectivity index (χ0n) is 13.8. The lowest BCUT2D eigenvalue weighted by Crippen LogP contribution is -2.24. The molecule has 0 heterocycles. The van der Waals surface area contributed by atoms with Crippen LogP contribution in [0.25, 0.3) is 0 Å². The molecule has 122 valence electrons. The average molecular weight is 332 g/mol. The van der Waals surface area contributed by atoms with Gasteiger partial charge in [-0.05, 0) is 37.1 Å². The number of nitroso groups, excluding NO2 is 1. The monoisotopic (exact) mass is 331 g/mol. The molecule has 0 radical (unpaired) electrons. The minimum absolute atomic E-state index is 0.624. The average Bonchev–Trinajstić information content (AvgIpc) is 2.55. The molecule has 0 saturated heterocycles. The van der Waals surface area contributed by atoms with Gasteiger partial charge in [0.2, 0.25) is 0 Å². The van der Waals surface area contributed by atoms with Crippen molar-refractivity contribution in [3.63, 3.8) is 0 Å². The topological polar surface area (TPSA) is 35.9 Å². The van der Waals surface area contributed by atoms with Crippen LogP contribution in [-0.4, -0.2) is 13.6 Å². The molecule has 0 unspecified atom stereocenters. The van der Waals surface area contributed by atoms with Crippen molar-refractivity contribution in [1.29, 1.82) is 0 Å². The molecule has 0 aliphatic rings. The highest BCUT2D eigenvalue weighted by molar-refractivity contribution is 6.33. The van der Waals surface area contributed by atoms with Gasteiger partial charge in [0.1, 0.15) is 0 Å². The molecule has 2 aromatic rings. The highest BCUT2D eigenvalue weighted by atomic mass is 35.5. The highest BCUT2D eigenvalue weighted by Gasteiger charge is 2.12. The van der Waals surface area contributed by atoms with Gasteiger partial charge in [0.15, 0.2) is 0 Å². The first-order chi connectivity index (χ1) is 11.0. The van der Waals surface area contributed by atoms with E-state index in [4.69, 9.17) is 11.6 Å². The van der Waals surface area contributed by atoms with Crippen molar-refractivity contribution >= 4 is 23.0 Å². The molecule has 0 bridgehead atoms. The van der Waals surface area contributed by atoms with Crippen LogP contribution in [0.2, 0.25) is 5.02 Å². The van der Waals surface area contributed by atoms with Crippen LogP contribution in [0.5, 0.6) is 0 Å². The van der Waals surface area contributed by atoms with E-state index in [1.54, 1.807) is 13.1 Å². The molecule has 0 atom stereocenters. The van der Waals surface area contributed by atoms with Crippen LogP contribution in [-0.2, 0) is 6.54 Å². The molecule has 0 spiro atoms. The van der Waals surface area contributed by atoms with Crippen molar-refractivity contribution in [1.82, 2.24) is 0 Å². The molecule has 5 heteroatoms. The quantitative estimate of drug-likeness (QED) is 0.518. The van der Waals surface area contributed by atoms with E-state index in [-0.39, 0.29) is 0 Å². The van der Waals surface area contributed by atoms with Gasteiger partial charge in [-0.25, -0.2) is 5.01 Å².